The average molecular weight is 582 g/mol. The van der Waals surface area contributed by atoms with Gasteiger partial charge in [-0.15, -0.1) is 0 Å². The van der Waals surface area contributed by atoms with Crippen LogP contribution in [-0.4, -0.2) is 57.1 Å². The standard InChI is InChI=1S/C31H36FN3O5S/c1-40-27-17-10-16-26(20-27)35(41(2,38)39)22-30(36)34(21-24-13-6-9-18-28(24)32)29(19-23-11-4-3-5-12-23)31(37)33-25-14-7-8-15-25/h3-6,9-13,16-18,20,25,29H,7-8,14-15,19,21-22H2,1-2H3,(H,33,37)/t29-/m1/s1. The van der Waals surface area contributed by atoms with Gasteiger partial charge in [0.05, 0.1) is 19.1 Å². The molecule has 0 bridgehead atoms. The highest BCUT2D eigenvalue weighted by Crippen LogP contribution is 2.25. The van der Waals surface area contributed by atoms with Gasteiger partial charge in [-0.05, 0) is 36.6 Å². The number of sulfonamides is 1. The molecule has 0 heterocycles. The molecule has 3 aromatic carbocycles. The van der Waals surface area contributed by atoms with Gasteiger partial charge in [0.15, 0.2) is 0 Å². The lowest BCUT2D eigenvalue weighted by Crippen LogP contribution is -2.54. The van der Waals surface area contributed by atoms with Crippen LogP contribution in [0.5, 0.6) is 5.75 Å². The highest BCUT2D eigenvalue weighted by Gasteiger charge is 2.34. The first-order valence-electron chi connectivity index (χ1n) is 13.6. The van der Waals surface area contributed by atoms with E-state index in [2.05, 4.69) is 5.32 Å². The van der Waals surface area contributed by atoms with E-state index in [1.165, 1.54) is 24.1 Å². The number of amides is 2. The van der Waals surface area contributed by atoms with Crippen LogP contribution >= 0.6 is 0 Å². The van der Waals surface area contributed by atoms with Gasteiger partial charge in [-0.2, -0.15) is 0 Å². The Morgan fingerprint density at radius 2 is 1.68 bits per heavy atom. The van der Waals surface area contributed by atoms with E-state index < -0.39 is 34.3 Å². The molecule has 41 heavy (non-hydrogen) atoms. The minimum absolute atomic E-state index is 0.00418. The molecule has 0 aliphatic heterocycles. The number of hydrogen-bond donors (Lipinski definition) is 1. The first kappa shape index (κ1) is 30.0. The molecule has 1 atom stereocenters. The van der Waals surface area contributed by atoms with Crippen LogP contribution in [0.1, 0.15) is 36.8 Å². The number of anilines is 1. The molecule has 2 amide bonds. The largest absolute Gasteiger partial charge is 0.497 e. The van der Waals surface area contributed by atoms with Gasteiger partial charge in [-0.3, -0.25) is 13.9 Å². The van der Waals surface area contributed by atoms with Gasteiger partial charge in [-0.1, -0.05) is 67.4 Å². The van der Waals surface area contributed by atoms with Crippen LogP contribution in [0.25, 0.3) is 0 Å². The third-order valence-electron chi connectivity index (χ3n) is 7.29. The van der Waals surface area contributed by atoms with Crippen molar-refractivity contribution in [3.8, 4) is 5.75 Å². The predicted octanol–water partition coefficient (Wildman–Crippen LogP) is 4.30. The van der Waals surface area contributed by atoms with Gasteiger partial charge in [0.2, 0.25) is 21.8 Å². The van der Waals surface area contributed by atoms with Crippen LogP contribution in [0.2, 0.25) is 0 Å². The molecule has 0 radical (unpaired) electrons. The van der Waals surface area contributed by atoms with Crippen molar-refractivity contribution >= 4 is 27.5 Å². The van der Waals surface area contributed by atoms with Crippen LogP contribution in [0, 0.1) is 5.82 Å². The Hall–Kier alpha value is -3.92. The number of rotatable bonds is 12. The maximum Gasteiger partial charge on any atom is 0.244 e. The van der Waals surface area contributed by atoms with Crippen molar-refractivity contribution in [2.45, 2.75) is 50.7 Å². The first-order valence-corrected chi connectivity index (χ1v) is 15.5. The van der Waals surface area contributed by atoms with E-state index in [1.807, 2.05) is 30.3 Å². The van der Waals surface area contributed by atoms with Crippen molar-refractivity contribution in [2.75, 3.05) is 24.2 Å². The van der Waals surface area contributed by atoms with Gasteiger partial charge in [0.25, 0.3) is 0 Å². The van der Waals surface area contributed by atoms with Gasteiger partial charge in [0.1, 0.15) is 24.2 Å². The third kappa shape index (κ3) is 8.07. The van der Waals surface area contributed by atoms with Gasteiger partial charge in [-0.25, -0.2) is 12.8 Å². The van der Waals surface area contributed by atoms with Crippen molar-refractivity contribution in [3.05, 3.63) is 95.8 Å². The Bertz CT molecular complexity index is 1440. The summed E-state index contributed by atoms with van der Waals surface area (Å²) >= 11 is 0. The summed E-state index contributed by atoms with van der Waals surface area (Å²) in [4.78, 5) is 29.2. The van der Waals surface area contributed by atoms with E-state index in [-0.39, 0.29) is 36.2 Å². The normalized spacial score (nSPS) is 14.3. The van der Waals surface area contributed by atoms with E-state index in [0.717, 1.165) is 41.8 Å². The summed E-state index contributed by atoms with van der Waals surface area (Å²) in [6, 6.07) is 20.7. The molecule has 3 aromatic rings. The minimum atomic E-state index is -3.92. The predicted molar refractivity (Wildman–Crippen MR) is 156 cm³/mol. The Morgan fingerprint density at radius 1 is 1.00 bits per heavy atom. The summed E-state index contributed by atoms with van der Waals surface area (Å²) in [6.07, 6.45) is 4.91. The number of carbonyl (C=O) groups is 2. The second-order valence-corrected chi connectivity index (χ2v) is 12.2. The zero-order chi connectivity index (χ0) is 29.4. The van der Waals surface area contributed by atoms with Gasteiger partial charge < -0.3 is 15.0 Å². The number of nitrogens with one attached hydrogen (secondary N) is 1. The van der Waals surface area contributed by atoms with Crippen molar-refractivity contribution in [1.29, 1.82) is 0 Å². The summed E-state index contributed by atoms with van der Waals surface area (Å²) in [5, 5.41) is 3.09. The van der Waals surface area contributed by atoms with Gasteiger partial charge in [0, 0.05) is 30.6 Å². The summed E-state index contributed by atoms with van der Waals surface area (Å²) in [5.41, 5.74) is 1.28. The zero-order valence-electron chi connectivity index (χ0n) is 23.3. The molecule has 0 saturated heterocycles. The summed E-state index contributed by atoms with van der Waals surface area (Å²) < 4.78 is 46.9. The molecule has 1 N–H and O–H groups in total. The Morgan fingerprint density at radius 3 is 2.34 bits per heavy atom. The number of halogens is 1. The van der Waals surface area contributed by atoms with Crippen molar-refractivity contribution in [3.63, 3.8) is 0 Å². The highest BCUT2D eigenvalue weighted by molar-refractivity contribution is 7.92. The molecule has 1 fully saturated rings. The van der Waals surface area contributed by atoms with Gasteiger partial charge >= 0.3 is 0 Å². The molecule has 1 saturated carbocycles. The Kier molecular flexibility index (Phi) is 9.99. The van der Waals surface area contributed by atoms with Crippen LogP contribution in [0.3, 0.4) is 0 Å². The second-order valence-electron chi connectivity index (χ2n) is 10.3. The number of methoxy groups -OCH3 is 1. The number of carbonyl (C=O) groups excluding carboxylic acids is 2. The fraction of sp³-hybridized carbons (Fsp3) is 0.355. The van der Waals surface area contributed by atoms with E-state index in [4.69, 9.17) is 4.74 Å². The molecular formula is C31H36FN3O5S. The average Bonchev–Trinajstić information content (AvgIpc) is 3.47. The van der Waals surface area contributed by atoms with E-state index in [0.29, 0.717) is 5.75 Å². The topological polar surface area (TPSA) is 96.0 Å². The van der Waals surface area contributed by atoms with E-state index in [1.54, 1.807) is 36.4 Å². The third-order valence-corrected chi connectivity index (χ3v) is 8.43. The van der Waals surface area contributed by atoms with E-state index >= 15 is 0 Å². The molecule has 1 aliphatic rings. The smallest absolute Gasteiger partial charge is 0.244 e. The van der Waals surface area contributed by atoms with E-state index in [9.17, 15) is 22.4 Å². The highest BCUT2D eigenvalue weighted by atomic mass is 32.2. The molecule has 1 aliphatic carbocycles. The second kappa shape index (κ2) is 13.6. The van der Waals surface area contributed by atoms with Crippen LogP contribution in [0.15, 0.2) is 78.9 Å². The number of benzene rings is 3. The molecule has 4 rings (SSSR count). The number of hydrogen-bond acceptors (Lipinski definition) is 5. The fourth-order valence-electron chi connectivity index (χ4n) is 5.11. The lowest BCUT2D eigenvalue weighted by Gasteiger charge is -2.34. The van der Waals surface area contributed by atoms with Crippen LogP contribution < -0.4 is 14.4 Å². The quantitative estimate of drug-likeness (QED) is 0.344. The maximum absolute atomic E-state index is 14.9. The van der Waals surface area contributed by atoms with Crippen LogP contribution in [0.4, 0.5) is 10.1 Å². The minimum Gasteiger partial charge on any atom is -0.497 e. The summed E-state index contributed by atoms with van der Waals surface area (Å²) in [6.45, 7) is -0.792. The summed E-state index contributed by atoms with van der Waals surface area (Å²) in [7, 11) is -2.46. The van der Waals surface area contributed by atoms with Crippen molar-refractivity contribution in [1.82, 2.24) is 10.2 Å². The molecule has 218 valence electrons. The molecule has 0 aromatic heterocycles. The lowest BCUT2D eigenvalue weighted by atomic mass is 10.0. The molecule has 0 unspecified atom stereocenters. The van der Waals surface area contributed by atoms with Crippen LogP contribution in [-0.2, 0) is 32.6 Å². The van der Waals surface area contributed by atoms with Crippen molar-refractivity contribution in [2.24, 2.45) is 0 Å². The molecule has 0 spiro atoms. The fourth-order valence-corrected chi connectivity index (χ4v) is 5.95. The Balaban J connectivity index is 1.73. The molecule has 8 nitrogen and oxygen atoms in total. The zero-order valence-corrected chi connectivity index (χ0v) is 24.1. The maximum atomic E-state index is 14.9. The van der Waals surface area contributed by atoms with Crippen molar-refractivity contribution < 1.29 is 27.1 Å². The summed E-state index contributed by atoms with van der Waals surface area (Å²) in [5.74, 6) is -1.08. The lowest BCUT2D eigenvalue weighted by molar-refractivity contribution is -0.140. The molecule has 10 heteroatoms. The Labute approximate surface area is 241 Å². The monoisotopic (exact) mass is 581 g/mol. The number of nitrogens with zero attached hydrogens (tertiary/aromatic N) is 2. The SMILES string of the molecule is COc1cccc(N(CC(=O)N(Cc2ccccc2F)[C@H](Cc2ccccc2)C(=O)NC2CCCC2)S(C)(=O)=O)c1. The number of ether oxygens (including phenoxy) is 1. The molecular weight excluding hydrogens is 545 g/mol. The first-order chi connectivity index (χ1) is 19.7.